The maximum Gasteiger partial charge on any atom is 0.263 e. The molecule has 6 heteroatoms. The van der Waals surface area contributed by atoms with Gasteiger partial charge in [-0.3, -0.25) is 4.79 Å². The highest BCUT2D eigenvalue weighted by molar-refractivity contribution is 7.21. The van der Waals surface area contributed by atoms with Crippen molar-refractivity contribution in [3.05, 3.63) is 52.0 Å². The summed E-state index contributed by atoms with van der Waals surface area (Å²) in [6, 6.07) is 10.7. The molecule has 3 aromatic rings. The van der Waals surface area contributed by atoms with Crippen LogP contribution in [-0.4, -0.2) is 30.5 Å². The third kappa shape index (κ3) is 4.08. The lowest BCUT2D eigenvalue weighted by Crippen LogP contribution is -2.36. The van der Waals surface area contributed by atoms with Gasteiger partial charge in [-0.2, -0.15) is 0 Å². The lowest BCUT2D eigenvalue weighted by atomic mass is 9.96. The van der Waals surface area contributed by atoms with E-state index in [1.165, 1.54) is 60.5 Å². The highest BCUT2D eigenvalue weighted by Crippen LogP contribution is 2.39. The quantitative estimate of drug-likeness (QED) is 0.559. The van der Waals surface area contributed by atoms with Gasteiger partial charge >= 0.3 is 0 Å². The number of amides is 1. The number of piperidine rings is 1. The van der Waals surface area contributed by atoms with E-state index in [2.05, 4.69) is 40.3 Å². The molecular formula is C26H32N4OS. The van der Waals surface area contributed by atoms with Crippen LogP contribution in [0.2, 0.25) is 0 Å². The van der Waals surface area contributed by atoms with Crippen LogP contribution in [0.3, 0.4) is 0 Å². The lowest BCUT2D eigenvalue weighted by Gasteiger charge is -2.35. The van der Waals surface area contributed by atoms with Crippen LogP contribution in [0.15, 0.2) is 30.3 Å². The van der Waals surface area contributed by atoms with Crippen molar-refractivity contribution in [2.45, 2.75) is 46.0 Å². The largest absolute Gasteiger partial charge is 0.397 e. The highest BCUT2D eigenvalue weighted by Gasteiger charge is 2.33. The summed E-state index contributed by atoms with van der Waals surface area (Å²) in [4.78, 5) is 21.2. The number of pyridine rings is 1. The second-order valence-corrected chi connectivity index (χ2v) is 10.4. The standard InChI is InChI=1S/C26H32N4OS/c1-3-20-13-17(7-9-22(20)30-14-18-5-6-19(12-18)15-30)10-11-28-25(31)24-23(27)21-8-4-16(2)29-26(21)32-24/h4,7-9,13,18-19H,3,5-6,10-12,14-15,27H2,1-2H3,(H,28,31). The molecule has 1 aromatic carbocycles. The van der Waals surface area contributed by atoms with Gasteiger partial charge in [0.1, 0.15) is 9.71 Å². The van der Waals surface area contributed by atoms with Gasteiger partial charge in [0.15, 0.2) is 0 Å². The van der Waals surface area contributed by atoms with Crippen LogP contribution in [-0.2, 0) is 12.8 Å². The van der Waals surface area contributed by atoms with Crippen molar-refractivity contribution in [3.8, 4) is 0 Å². The fourth-order valence-corrected chi connectivity index (χ4v) is 6.51. The molecule has 168 valence electrons. The van der Waals surface area contributed by atoms with Gasteiger partial charge in [0.2, 0.25) is 0 Å². The maximum atomic E-state index is 12.7. The highest BCUT2D eigenvalue weighted by atomic mass is 32.1. The molecule has 3 N–H and O–H groups in total. The summed E-state index contributed by atoms with van der Waals surface area (Å²) in [5.41, 5.74) is 11.8. The number of aromatic nitrogens is 1. The number of hydrogen-bond donors (Lipinski definition) is 2. The lowest BCUT2D eigenvalue weighted by molar-refractivity contribution is 0.0959. The molecule has 2 bridgehead atoms. The summed E-state index contributed by atoms with van der Waals surface area (Å²) in [7, 11) is 0. The monoisotopic (exact) mass is 448 g/mol. The fraction of sp³-hybridized carbons (Fsp3) is 0.462. The van der Waals surface area contributed by atoms with E-state index in [-0.39, 0.29) is 5.91 Å². The summed E-state index contributed by atoms with van der Waals surface area (Å²) in [5, 5.41) is 3.91. The number of fused-ring (bicyclic) bond motifs is 3. The first-order valence-corrected chi connectivity index (χ1v) is 12.6. The van der Waals surface area contributed by atoms with E-state index in [1.54, 1.807) is 0 Å². The third-order valence-corrected chi connectivity index (χ3v) is 8.22. The van der Waals surface area contributed by atoms with Crippen molar-refractivity contribution in [2.75, 3.05) is 30.3 Å². The van der Waals surface area contributed by atoms with Gasteiger partial charge in [0.25, 0.3) is 5.91 Å². The molecule has 2 aliphatic rings. The molecule has 5 nitrogen and oxygen atoms in total. The molecule has 5 rings (SSSR count). The van der Waals surface area contributed by atoms with Crippen molar-refractivity contribution in [1.29, 1.82) is 0 Å². The zero-order valence-corrected chi connectivity index (χ0v) is 19.8. The number of nitrogen functional groups attached to an aromatic ring is 1. The molecule has 0 spiro atoms. The molecule has 3 heterocycles. The van der Waals surface area contributed by atoms with Crippen LogP contribution in [0.25, 0.3) is 10.2 Å². The average molecular weight is 449 g/mol. The number of anilines is 2. The Morgan fingerprint density at radius 2 is 2.00 bits per heavy atom. The third-order valence-electron chi connectivity index (χ3n) is 7.11. The molecule has 1 saturated heterocycles. The van der Waals surface area contributed by atoms with Gasteiger partial charge < -0.3 is 16.0 Å². The summed E-state index contributed by atoms with van der Waals surface area (Å²) < 4.78 is 0. The summed E-state index contributed by atoms with van der Waals surface area (Å²) in [6.45, 7) is 7.20. The predicted octanol–water partition coefficient (Wildman–Crippen LogP) is 4.96. The Morgan fingerprint density at radius 1 is 1.22 bits per heavy atom. The molecule has 2 aromatic heterocycles. The van der Waals surface area contributed by atoms with Crippen LogP contribution >= 0.6 is 11.3 Å². The number of nitrogens with one attached hydrogen (secondary N) is 1. The number of hydrogen-bond acceptors (Lipinski definition) is 5. The van der Waals surface area contributed by atoms with Crippen molar-refractivity contribution < 1.29 is 4.79 Å². The van der Waals surface area contributed by atoms with Gasteiger partial charge in [-0.1, -0.05) is 19.1 Å². The van der Waals surface area contributed by atoms with Crippen molar-refractivity contribution in [3.63, 3.8) is 0 Å². The zero-order valence-electron chi connectivity index (χ0n) is 19.0. The number of thiophene rings is 1. The molecular weight excluding hydrogens is 416 g/mol. The van der Waals surface area contributed by atoms with Crippen molar-refractivity contribution >= 4 is 38.8 Å². The van der Waals surface area contributed by atoms with E-state index in [4.69, 9.17) is 5.73 Å². The van der Waals surface area contributed by atoms with Gasteiger partial charge in [0, 0.05) is 36.4 Å². The Balaban J connectivity index is 1.23. The smallest absolute Gasteiger partial charge is 0.263 e. The molecule has 1 saturated carbocycles. The Hall–Kier alpha value is -2.60. The molecule has 0 radical (unpaired) electrons. The summed E-state index contributed by atoms with van der Waals surface area (Å²) in [5.74, 6) is 1.65. The normalized spacial score (nSPS) is 20.1. The molecule has 32 heavy (non-hydrogen) atoms. The van der Waals surface area contributed by atoms with Crippen LogP contribution in [0.4, 0.5) is 11.4 Å². The van der Waals surface area contributed by atoms with E-state index in [0.717, 1.165) is 40.6 Å². The van der Waals surface area contributed by atoms with Crippen LogP contribution < -0.4 is 16.0 Å². The van der Waals surface area contributed by atoms with E-state index < -0.39 is 0 Å². The minimum atomic E-state index is -0.112. The predicted molar refractivity (Wildman–Crippen MR) is 134 cm³/mol. The van der Waals surface area contributed by atoms with Gasteiger partial charge in [-0.25, -0.2) is 4.98 Å². The SMILES string of the molecule is CCc1cc(CCNC(=O)c2sc3nc(C)ccc3c2N)ccc1N1CC2CCC(C2)C1. The van der Waals surface area contributed by atoms with Crippen LogP contribution in [0, 0.1) is 18.8 Å². The van der Waals surface area contributed by atoms with E-state index >= 15 is 0 Å². The second-order valence-electron chi connectivity index (χ2n) is 9.42. The van der Waals surface area contributed by atoms with Crippen molar-refractivity contribution in [1.82, 2.24) is 10.3 Å². The molecule has 1 aliphatic carbocycles. The number of carbonyl (C=O) groups is 1. The van der Waals surface area contributed by atoms with Gasteiger partial charge in [-0.05, 0) is 80.2 Å². The minimum absolute atomic E-state index is 0.112. The second kappa shape index (κ2) is 8.74. The first-order valence-electron chi connectivity index (χ1n) is 11.8. The van der Waals surface area contributed by atoms with Crippen LogP contribution in [0.1, 0.15) is 52.7 Å². The molecule has 2 atom stereocenters. The van der Waals surface area contributed by atoms with E-state index in [9.17, 15) is 4.79 Å². The number of nitrogens with zero attached hydrogens (tertiary/aromatic N) is 2. The van der Waals surface area contributed by atoms with E-state index in [0.29, 0.717) is 17.1 Å². The van der Waals surface area contributed by atoms with Crippen LogP contribution in [0.5, 0.6) is 0 Å². The number of aryl methyl sites for hydroxylation is 2. The number of rotatable bonds is 6. The zero-order chi connectivity index (χ0) is 22.2. The summed E-state index contributed by atoms with van der Waals surface area (Å²) in [6.07, 6.45) is 6.08. The van der Waals surface area contributed by atoms with Crippen molar-refractivity contribution in [2.24, 2.45) is 11.8 Å². The number of carbonyl (C=O) groups excluding carboxylic acids is 1. The number of nitrogens with two attached hydrogens (primary N) is 1. The molecule has 2 unspecified atom stereocenters. The Morgan fingerprint density at radius 3 is 2.75 bits per heavy atom. The molecule has 2 fully saturated rings. The Kier molecular flexibility index (Phi) is 5.80. The maximum absolute atomic E-state index is 12.7. The Labute approximate surface area is 194 Å². The van der Waals surface area contributed by atoms with E-state index in [1.807, 2.05) is 19.1 Å². The first-order chi connectivity index (χ1) is 15.5. The first kappa shape index (κ1) is 21.3. The number of benzene rings is 1. The topological polar surface area (TPSA) is 71.2 Å². The molecule has 1 aliphatic heterocycles. The average Bonchev–Trinajstić information content (AvgIpc) is 3.31. The van der Waals surface area contributed by atoms with Gasteiger partial charge in [0.05, 0.1) is 5.69 Å². The fourth-order valence-electron chi connectivity index (χ4n) is 5.45. The Bertz CT molecular complexity index is 1140. The summed E-state index contributed by atoms with van der Waals surface area (Å²) >= 11 is 1.37. The minimum Gasteiger partial charge on any atom is -0.397 e. The molecule has 1 amide bonds. The van der Waals surface area contributed by atoms with Gasteiger partial charge in [-0.15, -0.1) is 11.3 Å².